The van der Waals surface area contributed by atoms with E-state index in [0.717, 1.165) is 0 Å². The van der Waals surface area contributed by atoms with Crippen molar-refractivity contribution in [1.82, 2.24) is 9.97 Å². The average molecular weight is 258 g/mol. The van der Waals surface area contributed by atoms with E-state index in [2.05, 4.69) is 15.3 Å². The molecule has 0 radical (unpaired) electrons. The topological polar surface area (TPSA) is 37.8 Å². The molecule has 0 unspecified atom stereocenters. The highest BCUT2D eigenvalue weighted by Crippen LogP contribution is 2.25. The third-order valence-electron chi connectivity index (χ3n) is 1.80. The zero-order valence-electron chi connectivity index (χ0n) is 7.92. The van der Waals surface area contributed by atoms with Crippen LogP contribution in [-0.2, 0) is 0 Å². The first-order chi connectivity index (χ1) is 7.65. The van der Waals surface area contributed by atoms with Crippen LogP contribution < -0.4 is 5.32 Å². The molecule has 6 heteroatoms. The van der Waals surface area contributed by atoms with E-state index in [1.54, 1.807) is 0 Å². The van der Waals surface area contributed by atoms with Gasteiger partial charge in [0.05, 0.1) is 23.1 Å². The van der Waals surface area contributed by atoms with Crippen LogP contribution in [0, 0.1) is 5.82 Å². The first-order valence-corrected chi connectivity index (χ1v) is 5.10. The van der Waals surface area contributed by atoms with Crippen molar-refractivity contribution in [2.24, 2.45) is 0 Å². The van der Waals surface area contributed by atoms with Crippen molar-refractivity contribution in [1.29, 1.82) is 0 Å². The lowest BCUT2D eigenvalue weighted by molar-refractivity contribution is 0.628. The molecule has 1 aromatic carbocycles. The van der Waals surface area contributed by atoms with Crippen LogP contribution in [0.5, 0.6) is 0 Å². The second kappa shape index (κ2) is 4.63. The van der Waals surface area contributed by atoms with E-state index in [-0.39, 0.29) is 10.2 Å². The van der Waals surface area contributed by atoms with E-state index in [4.69, 9.17) is 23.2 Å². The largest absolute Gasteiger partial charge is 0.338 e. The summed E-state index contributed by atoms with van der Waals surface area (Å²) in [7, 11) is 0. The van der Waals surface area contributed by atoms with Gasteiger partial charge in [-0.3, -0.25) is 4.98 Å². The summed E-state index contributed by atoms with van der Waals surface area (Å²) in [6.45, 7) is 0. The fourth-order valence-corrected chi connectivity index (χ4v) is 1.49. The number of hydrogen-bond acceptors (Lipinski definition) is 3. The Hall–Kier alpha value is -1.39. The Kier molecular flexibility index (Phi) is 3.22. The van der Waals surface area contributed by atoms with Gasteiger partial charge in [-0.2, -0.15) is 0 Å². The van der Waals surface area contributed by atoms with E-state index in [1.165, 1.54) is 30.6 Å². The van der Waals surface area contributed by atoms with Crippen molar-refractivity contribution >= 4 is 34.7 Å². The zero-order valence-corrected chi connectivity index (χ0v) is 9.43. The van der Waals surface area contributed by atoms with Crippen LogP contribution in [0.25, 0.3) is 0 Å². The fourth-order valence-electron chi connectivity index (χ4n) is 1.13. The van der Waals surface area contributed by atoms with Crippen molar-refractivity contribution in [3.05, 3.63) is 46.6 Å². The van der Waals surface area contributed by atoms with Gasteiger partial charge < -0.3 is 5.32 Å². The number of nitrogens with one attached hydrogen (secondary N) is 1. The van der Waals surface area contributed by atoms with Crippen LogP contribution in [0.2, 0.25) is 10.2 Å². The molecule has 1 aromatic heterocycles. The van der Waals surface area contributed by atoms with Crippen molar-refractivity contribution in [2.75, 3.05) is 5.32 Å². The summed E-state index contributed by atoms with van der Waals surface area (Å²) in [5.74, 6) is 0.0498. The molecule has 0 atom stereocenters. The van der Waals surface area contributed by atoms with E-state index in [9.17, 15) is 4.39 Å². The predicted octanol–water partition coefficient (Wildman–Crippen LogP) is 3.67. The Morgan fingerprint density at radius 3 is 2.69 bits per heavy atom. The van der Waals surface area contributed by atoms with Crippen LogP contribution in [0.3, 0.4) is 0 Å². The highest BCUT2D eigenvalue weighted by molar-refractivity contribution is 6.33. The van der Waals surface area contributed by atoms with Gasteiger partial charge in [0.25, 0.3) is 0 Å². The number of hydrogen-bond donors (Lipinski definition) is 1. The van der Waals surface area contributed by atoms with E-state index >= 15 is 0 Å². The summed E-state index contributed by atoms with van der Waals surface area (Å²) in [5, 5.41) is 3.42. The maximum absolute atomic E-state index is 12.8. The second-order valence-corrected chi connectivity index (χ2v) is 3.77. The molecule has 1 heterocycles. The molecule has 0 saturated carbocycles. The summed E-state index contributed by atoms with van der Waals surface area (Å²) in [4.78, 5) is 7.82. The van der Waals surface area contributed by atoms with Gasteiger partial charge in [-0.05, 0) is 18.2 Å². The quantitative estimate of drug-likeness (QED) is 0.893. The molecule has 2 rings (SSSR count). The minimum Gasteiger partial charge on any atom is -0.338 e. The number of nitrogens with zero attached hydrogens (tertiary/aromatic N) is 2. The third-order valence-corrected chi connectivity index (χ3v) is 2.29. The Morgan fingerprint density at radius 2 is 2.00 bits per heavy atom. The molecular formula is C10H6Cl2FN3. The third kappa shape index (κ3) is 2.59. The molecule has 0 aliphatic rings. The summed E-state index contributed by atoms with van der Waals surface area (Å²) in [6.07, 6.45) is 2.91. The standard InChI is InChI=1S/C10H6Cl2FN3/c11-7-3-6(13)1-2-8(7)15-10-5-14-4-9(12)16-10/h1-5H,(H,15,16). The van der Waals surface area contributed by atoms with Crippen molar-refractivity contribution < 1.29 is 4.39 Å². The summed E-state index contributed by atoms with van der Waals surface area (Å²) >= 11 is 11.5. The SMILES string of the molecule is Fc1ccc(Nc2cncc(Cl)n2)c(Cl)c1. The van der Waals surface area contributed by atoms with Gasteiger partial charge in [0.2, 0.25) is 0 Å². The molecule has 0 bridgehead atoms. The molecule has 82 valence electrons. The Labute approximate surface area is 101 Å². The molecule has 0 amide bonds. The smallest absolute Gasteiger partial charge is 0.150 e. The van der Waals surface area contributed by atoms with Crippen molar-refractivity contribution in [2.45, 2.75) is 0 Å². The lowest BCUT2D eigenvalue weighted by Gasteiger charge is -2.06. The average Bonchev–Trinajstić information content (AvgIpc) is 2.22. The molecule has 1 N–H and O–H groups in total. The first-order valence-electron chi connectivity index (χ1n) is 4.35. The summed E-state index contributed by atoms with van der Waals surface area (Å²) in [6, 6.07) is 4.02. The Bertz CT molecular complexity index is 519. The van der Waals surface area contributed by atoms with Gasteiger partial charge in [0, 0.05) is 0 Å². The Morgan fingerprint density at radius 1 is 1.19 bits per heavy atom. The van der Waals surface area contributed by atoms with Gasteiger partial charge in [-0.25, -0.2) is 9.37 Å². The molecule has 0 fully saturated rings. The van der Waals surface area contributed by atoms with Crippen LogP contribution >= 0.6 is 23.2 Å². The monoisotopic (exact) mass is 257 g/mol. The molecule has 2 aromatic rings. The van der Waals surface area contributed by atoms with Crippen LogP contribution in [-0.4, -0.2) is 9.97 Å². The zero-order chi connectivity index (χ0) is 11.5. The molecule has 0 aliphatic heterocycles. The molecular weight excluding hydrogens is 252 g/mol. The van der Waals surface area contributed by atoms with E-state index < -0.39 is 5.82 Å². The van der Waals surface area contributed by atoms with Crippen molar-refractivity contribution in [3.63, 3.8) is 0 Å². The fraction of sp³-hybridized carbons (Fsp3) is 0. The number of rotatable bonds is 2. The van der Waals surface area contributed by atoms with Crippen molar-refractivity contribution in [3.8, 4) is 0 Å². The number of halogens is 3. The first kappa shape index (κ1) is 11.1. The van der Waals surface area contributed by atoms with Gasteiger partial charge in [0.1, 0.15) is 11.0 Å². The van der Waals surface area contributed by atoms with Gasteiger partial charge in [-0.15, -0.1) is 0 Å². The van der Waals surface area contributed by atoms with Gasteiger partial charge >= 0.3 is 0 Å². The molecule has 16 heavy (non-hydrogen) atoms. The van der Waals surface area contributed by atoms with E-state index in [1.807, 2.05) is 0 Å². The predicted molar refractivity (Wildman–Crippen MR) is 61.7 cm³/mol. The summed E-state index contributed by atoms with van der Waals surface area (Å²) in [5.41, 5.74) is 0.541. The lowest BCUT2D eigenvalue weighted by atomic mass is 10.3. The van der Waals surface area contributed by atoms with E-state index in [0.29, 0.717) is 11.5 Å². The van der Waals surface area contributed by atoms with Gasteiger partial charge in [-0.1, -0.05) is 23.2 Å². The Balaban J connectivity index is 2.27. The molecule has 0 aliphatic carbocycles. The number of aromatic nitrogens is 2. The summed E-state index contributed by atoms with van der Waals surface area (Å²) < 4.78 is 12.8. The van der Waals surface area contributed by atoms with Crippen LogP contribution in [0.1, 0.15) is 0 Å². The molecule has 0 spiro atoms. The normalized spacial score (nSPS) is 10.2. The molecule has 3 nitrogen and oxygen atoms in total. The van der Waals surface area contributed by atoms with Gasteiger partial charge in [0.15, 0.2) is 5.82 Å². The highest BCUT2D eigenvalue weighted by Gasteiger charge is 2.03. The maximum Gasteiger partial charge on any atom is 0.150 e. The minimum atomic E-state index is -0.396. The minimum absolute atomic E-state index is 0.266. The second-order valence-electron chi connectivity index (χ2n) is 2.98. The van der Waals surface area contributed by atoms with Crippen LogP contribution in [0.15, 0.2) is 30.6 Å². The molecule has 0 saturated heterocycles. The number of benzene rings is 1. The number of anilines is 2. The maximum atomic E-state index is 12.8. The highest BCUT2D eigenvalue weighted by atomic mass is 35.5. The van der Waals surface area contributed by atoms with Crippen LogP contribution in [0.4, 0.5) is 15.9 Å². The lowest BCUT2D eigenvalue weighted by Crippen LogP contribution is -1.95.